The fourth-order valence-electron chi connectivity index (χ4n) is 1.24. The molecule has 14 heavy (non-hydrogen) atoms. The van der Waals surface area contributed by atoms with Crippen LogP contribution >= 0.6 is 0 Å². The molecular formula is C9H17NO4. The van der Waals surface area contributed by atoms with E-state index in [-0.39, 0.29) is 12.5 Å². The van der Waals surface area contributed by atoms with Crippen LogP contribution in [0.3, 0.4) is 0 Å². The highest BCUT2D eigenvalue weighted by Crippen LogP contribution is 2.15. The van der Waals surface area contributed by atoms with Gasteiger partial charge in [0.2, 0.25) is 0 Å². The van der Waals surface area contributed by atoms with Crippen molar-refractivity contribution >= 4 is 11.9 Å². The van der Waals surface area contributed by atoms with Gasteiger partial charge in [-0.15, -0.1) is 0 Å². The number of aliphatic carboxylic acids is 1. The second-order valence-electron chi connectivity index (χ2n) is 3.39. The SMILES string of the molecule is CCOC(=O)[C@@H](N)[C@@H](C(=O)O)C(C)C. The van der Waals surface area contributed by atoms with Gasteiger partial charge in [0.25, 0.3) is 0 Å². The van der Waals surface area contributed by atoms with Gasteiger partial charge in [-0.3, -0.25) is 9.59 Å². The lowest BCUT2D eigenvalue weighted by Crippen LogP contribution is -2.45. The van der Waals surface area contributed by atoms with Crippen LogP contribution in [0, 0.1) is 11.8 Å². The average molecular weight is 203 g/mol. The molecule has 0 fully saturated rings. The van der Waals surface area contributed by atoms with Crippen molar-refractivity contribution < 1.29 is 19.4 Å². The quantitative estimate of drug-likeness (QED) is 0.624. The third-order valence-corrected chi connectivity index (χ3v) is 1.95. The standard InChI is InChI=1S/C9H17NO4/c1-4-14-9(13)7(10)6(5(2)3)8(11)12/h5-7H,4,10H2,1-3H3,(H,11,12)/t6-,7-/m0/s1. The maximum atomic E-state index is 11.2. The first kappa shape index (κ1) is 12.9. The van der Waals surface area contributed by atoms with Gasteiger partial charge < -0.3 is 15.6 Å². The zero-order valence-corrected chi connectivity index (χ0v) is 8.69. The van der Waals surface area contributed by atoms with E-state index in [4.69, 9.17) is 10.8 Å². The van der Waals surface area contributed by atoms with Gasteiger partial charge in [-0.1, -0.05) is 13.8 Å². The molecule has 5 heteroatoms. The maximum Gasteiger partial charge on any atom is 0.323 e. The van der Waals surface area contributed by atoms with Crippen LogP contribution in [0.2, 0.25) is 0 Å². The van der Waals surface area contributed by atoms with E-state index in [9.17, 15) is 9.59 Å². The lowest BCUT2D eigenvalue weighted by molar-refractivity contribution is -0.154. The lowest BCUT2D eigenvalue weighted by Gasteiger charge is -2.21. The molecule has 0 unspecified atom stereocenters. The third kappa shape index (κ3) is 3.33. The molecule has 5 nitrogen and oxygen atoms in total. The minimum Gasteiger partial charge on any atom is -0.481 e. The monoisotopic (exact) mass is 203 g/mol. The van der Waals surface area contributed by atoms with Crippen LogP contribution in [0.15, 0.2) is 0 Å². The first-order valence-electron chi connectivity index (χ1n) is 4.56. The smallest absolute Gasteiger partial charge is 0.323 e. The normalized spacial score (nSPS) is 14.9. The zero-order valence-electron chi connectivity index (χ0n) is 8.69. The van der Waals surface area contributed by atoms with Gasteiger partial charge in [-0.2, -0.15) is 0 Å². The fraction of sp³-hybridized carbons (Fsp3) is 0.778. The Balaban J connectivity index is 4.51. The van der Waals surface area contributed by atoms with E-state index < -0.39 is 23.9 Å². The van der Waals surface area contributed by atoms with Crippen molar-refractivity contribution in [1.82, 2.24) is 0 Å². The average Bonchev–Trinajstić information content (AvgIpc) is 2.03. The number of esters is 1. The highest BCUT2D eigenvalue weighted by atomic mass is 16.5. The molecule has 0 aromatic carbocycles. The van der Waals surface area contributed by atoms with Gasteiger partial charge in [-0.25, -0.2) is 0 Å². The molecule has 0 aliphatic rings. The summed E-state index contributed by atoms with van der Waals surface area (Å²) in [6.45, 7) is 5.27. The Morgan fingerprint density at radius 2 is 1.93 bits per heavy atom. The number of hydrogen-bond acceptors (Lipinski definition) is 4. The molecule has 0 heterocycles. The minimum atomic E-state index is -1.09. The van der Waals surface area contributed by atoms with Gasteiger partial charge in [-0.05, 0) is 12.8 Å². The summed E-state index contributed by atoms with van der Waals surface area (Å²) >= 11 is 0. The van der Waals surface area contributed by atoms with Gasteiger partial charge in [0, 0.05) is 0 Å². The summed E-state index contributed by atoms with van der Waals surface area (Å²) in [5, 5.41) is 8.84. The molecule has 0 aromatic heterocycles. The highest BCUT2D eigenvalue weighted by Gasteiger charge is 2.34. The van der Waals surface area contributed by atoms with Crippen molar-refractivity contribution in [3.05, 3.63) is 0 Å². The van der Waals surface area contributed by atoms with Crippen molar-refractivity contribution in [2.24, 2.45) is 17.6 Å². The molecule has 0 aliphatic carbocycles. The number of ether oxygens (including phenoxy) is 1. The van der Waals surface area contributed by atoms with Crippen LogP contribution < -0.4 is 5.73 Å². The van der Waals surface area contributed by atoms with E-state index in [1.54, 1.807) is 20.8 Å². The molecule has 0 saturated carbocycles. The summed E-state index contributed by atoms with van der Waals surface area (Å²) in [4.78, 5) is 22.0. The Hall–Kier alpha value is -1.10. The van der Waals surface area contributed by atoms with Crippen molar-refractivity contribution in [1.29, 1.82) is 0 Å². The van der Waals surface area contributed by atoms with Crippen LogP contribution in [-0.4, -0.2) is 29.7 Å². The van der Waals surface area contributed by atoms with E-state index in [2.05, 4.69) is 4.74 Å². The second kappa shape index (κ2) is 5.59. The van der Waals surface area contributed by atoms with Crippen molar-refractivity contribution in [3.63, 3.8) is 0 Å². The summed E-state index contributed by atoms with van der Waals surface area (Å²) in [6.07, 6.45) is 0. The largest absolute Gasteiger partial charge is 0.481 e. The zero-order chi connectivity index (χ0) is 11.3. The van der Waals surface area contributed by atoms with Crippen molar-refractivity contribution in [2.45, 2.75) is 26.8 Å². The Labute approximate surface area is 83.2 Å². The van der Waals surface area contributed by atoms with Crippen molar-refractivity contribution in [3.8, 4) is 0 Å². The van der Waals surface area contributed by atoms with Crippen LogP contribution in [-0.2, 0) is 14.3 Å². The van der Waals surface area contributed by atoms with E-state index in [1.807, 2.05) is 0 Å². The fourth-order valence-corrected chi connectivity index (χ4v) is 1.24. The van der Waals surface area contributed by atoms with Gasteiger partial charge in [0.1, 0.15) is 6.04 Å². The van der Waals surface area contributed by atoms with E-state index >= 15 is 0 Å². The molecule has 0 spiro atoms. The number of carboxylic acid groups (broad SMARTS) is 1. The van der Waals surface area contributed by atoms with Gasteiger partial charge in [0.15, 0.2) is 0 Å². The summed E-state index contributed by atoms with van der Waals surface area (Å²) in [5.41, 5.74) is 5.49. The molecule has 3 N–H and O–H groups in total. The van der Waals surface area contributed by atoms with Gasteiger partial charge >= 0.3 is 11.9 Å². The molecule has 2 atom stereocenters. The van der Waals surface area contributed by atoms with E-state index in [1.165, 1.54) is 0 Å². The molecule has 0 radical (unpaired) electrons. The number of rotatable bonds is 5. The Bertz CT molecular complexity index is 215. The lowest BCUT2D eigenvalue weighted by atomic mass is 9.89. The molecule has 0 amide bonds. The number of carboxylic acids is 1. The van der Waals surface area contributed by atoms with Gasteiger partial charge in [0.05, 0.1) is 12.5 Å². The topological polar surface area (TPSA) is 89.6 Å². The number of nitrogens with two attached hydrogens (primary N) is 1. The minimum absolute atomic E-state index is 0.202. The summed E-state index contributed by atoms with van der Waals surface area (Å²) in [7, 11) is 0. The van der Waals surface area contributed by atoms with Crippen LogP contribution in [0.25, 0.3) is 0 Å². The predicted octanol–water partition coefficient (Wildman–Crippen LogP) is 0.234. The predicted molar refractivity (Wildman–Crippen MR) is 50.6 cm³/mol. The molecule has 0 aromatic rings. The first-order valence-corrected chi connectivity index (χ1v) is 4.56. The number of carbonyl (C=O) groups excluding carboxylic acids is 1. The summed E-state index contributed by atoms with van der Waals surface area (Å²) in [6, 6.07) is -1.09. The number of hydrogen-bond donors (Lipinski definition) is 2. The molecule has 0 aliphatic heterocycles. The van der Waals surface area contributed by atoms with Crippen LogP contribution in [0.4, 0.5) is 0 Å². The molecule has 82 valence electrons. The van der Waals surface area contributed by atoms with E-state index in [0.717, 1.165) is 0 Å². The Kier molecular flexibility index (Phi) is 5.15. The summed E-state index contributed by atoms with van der Waals surface area (Å²) in [5.74, 6) is -2.82. The second-order valence-corrected chi connectivity index (χ2v) is 3.39. The van der Waals surface area contributed by atoms with E-state index in [0.29, 0.717) is 0 Å². The molecule has 0 rings (SSSR count). The highest BCUT2D eigenvalue weighted by molar-refractivity contribution is 5.83. The van der Waals surface area contributed by atoms with Crippen LogP contribution in [0.1, 0.15) is 20.8 Å². The maximum absolute atomic E-state index is 11.2. The summed E-state index contributed by atoms with van der Waals surface area (Å²) < 4.78 is 4.66. The third-order valence-electron chi connectivity index (χ3n) is 1.95. The Morgan fingerprint density at radius 1 is 1.43 bits per heavy atom. The first-order chi connectivity index (χ1) is 6.41. The molecule has 0 bridgehead atoms. The van der Waals surface area contributed by atoms with Crippen molar-refractivity contribution in [2.75, 3.05) is 6.61 Å². The number of carbonyl (C=O) groups is 2. The molecular weight excluding hydrogens is 186 g/mol. The molecule has 0 saturated heterocycles. The van der Waals surface area contributed by atoms with Crippen LogP contribution in [0.5, 0.6) is 0 Å². The Morgan fingerprint density at radius 3 is 2.21 bits per heavy atom.